The van der Waals surface area contributed by atoms with Gasteiger partial charge in [0, 0.05) is 29.9 Å². The van der Waals surface area contributed by atoms with Gasteiger partial charge in [0.05, 0.1) is 28.7 Å². The molecule has 2 N–H and O–H groups in total. The molecule has 0 aliphatic heterocycles. The van der Waals surface area contributed by atoms with Crippen molar-refractivity contribution in [3.05, 3.63) is 81.7 Å². The third-order valence-corrected chi connectivity index (χ3v) is 5.74. The highest BCUT2D eigenvalue weighted by Crippen LogP contribution is 2.29. The fraction of sp³-hybridized carbons (Fsp3) is 0.280. The number of pyridine rings is 1. The lowest BCUT2D eigenvalue weighted by Crippen LogP contribution is -2.29. The summed E-state index contributed by atoms with van der Waals surface area (Å²) in [6, 6.07) is 11.1. The minimum absolute atomic E-state index is 0.0152. The van der Waals surface area contributed by atoms with Gasteiger partial charge in [0.15, 0.2) is 0 Å². The molecule has 0 aliphatic carbocycles. The molecule has 0 aliphatic rings. The topological polar surface area (TPSA) is 75.1 Å². The maximum absolute atomic E-state index is 15.0. The average molecular weight is 470 g/mol. The Morgan fingerprint density at radius 1 is 1.15 bits per heavy atom. The Kier molecular flexibility index (Phi) is 5.99. The molecule has 2 aromatic carbocycles. The predicted molar refractivity (Wildman–Crippen MR) is 124 cm³/mol. The van der Waals surface area contributed by atoms with Crippen LogP contribution in [-0.4, -0.2) is 21.0 Å². The van der Waals surface area contributed by atoms with Crippen LogP contribution in [0, 0.1) is 12.7 Å². The number of ether oxygens (including phenoxy) is 1. The first-order chi connectivity index (χ1) is 16.0. The average Bonchev–Trinajstić information content (AvgIpc) is 2.98. The van der Waals surface area contributed by atoms with Crippen molar-refractivity contribution in [1.82, 2.24) is 14.3 Å². The Bertz CT molecular complexity index is 1420. The van der Waals surface area contributed by atoms with E-state index in [0.29, 0.717) is 22.3 Å². The molecule has 0 spiro atoms. The van der Waals surface area contributed by atoms with Crippen LogP contribution < -0.4 is 16.0 Å². The lowest BCUT2D eigenvalue weighted by Gasteiger charge is -2.18. The first-order valence-electron chi connectivity index (χ1n) is 10.6. The molecule has 6 nitrogen and oxygen atoms in total. The quantitative estimate of drug-likeness (QED) is 0.444. The van der Waals surface area contributed by atoms with Crippen molar-refractivity contribution in [2.45, 2.75) is 39.5 Å². The number of benzene rings is 2. The normalized spacial score (nSPS) is 12.0. The molecule has 0 saturated heterocycles. The van der Waals surface area contributed by atoms with Crippen molar-refractivity contribution < 1.29 is 17.9 Å². The highest BCUT2D eigenvalue weighted by molar-refractivity contribution is 5.85. The summed E-state index contributed by atoms with van der Waals surface area (Å²) in [4.78, 5) is 17.2. The lowest BCUT2D eigenvalue weighted by atomic mass is 9.99. The maximum Gasteiger partial charge on any atom is 0.387 e. The van der Waals surface area contributed by atoms with Crippen LogP contribution in [0.15, 0.2) is 53.5 Å². The summed E-state index contributed by atoms with van der Waals surface area (Å²) >= 11 is 0. The fourth-order valence-electron chi connectivity index (χ4n) is 3.94. The van der Waals surface area contributed by atoms with Crippen molar-refractivity contribution in [1.29, 1.82) is 0 Å². The molecule has 178 valence electrons. The number of halogens is 3. The van der Waals surface area contributed by atoms with E-state index in [2.05, 4.69) is 9.72 Å². The second-order valence-corrected chi connectivity index (χ2v) is 8.88. The Labute approximate surface area is 194 Å². The van der Waals surface area contributed by atoms with Crippen LogP contribution in [0.2, 0.25) is 0 Å². The Balaban J connectivity index is 1.84. The highest BCUT2D eigenvalue weighted by atomic mass is 19.3. The maximum atomic E-state index is 15.0. The monoisotopic (exact) mass is 470 g/mol. The SMILES string of the molecule is Cc1ccc(OC(F)F)c(Cn2c3cc(-c4ccc(C(C)(C)N)nc4)c(F)cc3c(=O)n2C)c1. The summed E-state index contributed by atoms with van der Waals surface area (Å²) in [7, 11) is 1.54. The van der Waals surface area contributed by atoms with Gasteiger partial charge in [-0.25, -0.2) is 4.39 Å². The molecule has 4 aromatic rings. The minimum Gasteiger partial charge on any atom is -0.434 e. The molecule has 0 bridgehead atoms. The van der Waals surface area contributed by atoms with Gasteiger partial charge in [0.25, 0.3) is 5.56 Å². The van der Waals surface area contributed by atoms with Gasteiger partial charge in [0.1, 0.15) is 11.6 Å². The molecule has 0 amide bonds. The summed E-state index contributed by atoms with van der Waals surface area (Å²) in [6.45, 7) is 2.56. The zero-order valence-electron chi connectivity index (χ0n) is 19.3. The molecule has 34 heavy (non-hydrogen) atoms. The van der Waals surface area contributed by atoms with E-state index in [9.17, 15) is 13.6 Å². The van der Waals surface area contributed by atoms with E-state index in [-0.39, 0.29) is 23.2 Å². The van der Waals surface area contributed by atoms with Crippen LogP contribution in [0.3, 0.4) is 0 Å². The van der Waals surface area contributed by atoms with Crippen LogP contribution in [0.5, 0.6) is 5.75 Å². The zero-order valence-corrected chi connectivity index (χ0v) is 19.3. The van der Waals surface area contributed by atoms with Crippen molar-refractivity contribution in [2.24, 2.45) is 12.8 Å². The molecule has 4 rings (SSSR count). The van der Waals surface area contributed by atoms with Crippen LogP contribution in [0.4, 0.5) is 13.2 Å². The molecule has 0 radical (unpaired) electrons. The van der Waals surface area contributed by atoms with Crippen molar-refractivity contribution in [3.8, 4) is 16.9 Å². The number of rotatable bonds is 6. The van der Waals surface area contributed by atoms with E-state index in [1.807, 2.05) is 20.8 Å². The number of fused-ring (bicyclic) bond motifs is 1. The number of hydrogen-bond acceptors (Lipinski definition) is 4. The largest absolute Gasteiger partial charge is 0.434 e. The van der Waals surface area contributed by atoms with Gasteiger partial charge in [-0.1, -0.05) is 23.8 Å². The third-order valence-electron chi connectivity index (χ3n) is 5.74. The zero-order chi connectivity index (χ0) is 24.8. The summed E-state index contributed by atoms with van der Waals surface area (Å²) in [5.74, 6) is -0.553. The van der Waals surface area contributed by atoms with Gasteiger partial charge >= 0.3 is 6.61 Å². The summed E-state index contributed by atoms with van der Waals surface area (Å²) in [5, 5.41) is 0.181. The molecule has 9 heteroatoms. The minimum atomic E-state index is -2.98. The molecule has 0 atom stereocenters. The van der Waals surface area contributed by atoms with Crippen LogP contribution in [-0.2, 0) is 19.1 Å². The number of aryl methyl sites for hydroxylation is 1. The van der Waals surface area contributed by atoms with Gasteiger partial charge in [-0.3, -0.25) is 19.1 Å². The van der Waals surface area contributed by atoms with Crippen molar-refractivity contribution in [2.75, 3.05) is 0 Å². The fourth-order valence-corrected chi connectivity index (χ4v) is 3.94. The van der Waals surface area contributed by atoms with E-state index in [1.165, 1.54) is 23.0 Å². The van der Waals surface area contributed by atoms with Gasteiger partial charge < -0.3 is 10.5 Å². The van der Waals surface area contributed by atoms with Gasteiger partial charge in [-0.05, 0) is 45.0 Å². The van der Waals surface area contributed by atoms with E-state index in [4.69, 9.17) is 5.73 Å². The Morgan fingerprint density at radius 2 is 1.88 bits per heavy atom. The first-order valence-corrected chi connectivity index (χ1v) is 10.6. The standard InChI is InChI=1S/C25H25F3N4O2/c1-14-5-7-21(34-24(27)28)16(9-14)13-32-20-11-17(19(26)10-18(20)23(33)31(32)4)15-6-8-22(30-12-15)25(2,3)29/h5-12,24H,13,29H2,1-4H3. The molecule has 0 fully saturated rings. The molecule has 2 heterocycles. The summed E-state index contributed by atoms with van der Waals surface area (Å²) in [6.07, 6.45) is 1.54. The molecular formula is C25H25F3N4O2. The van der Waals surface area contributed by atoms with Crippen LogP contribution in [0.1, 0.15) is 30.7 Å². The highest BCUT2D eigenvalue weighted by Gasteiger charge is 2.20. The third kappa shape index (κ3) is 4.43. The molecular weight excluding hydrogens is 445 g/mol. The number of hydrogen-bond donors (Lipinski definition) is 1. The molecule has 2 aromatic heterocycles. The summed E-state index contributed by atoms with van der Waals surface area (Å²) in [5.41, 5.74) is 8.24. The second kappa shape index (κ2) is 8.64. The molecule has 0 unspecified atom stereocenters. The van der Waals surface area contributed by atoms with E-state index in [0.717, 1.165) is 5.56 Å². The summed E-state index contributed by atoms with van der Waals surface area (Å²) < 4.78 is 48.5. The smallest absolute Gasteiger partial charge is 0.387 e. The van der Waals surface area contributed by atoms with E-state index >= 15 is 4.39 Å². The number of alkyl halides is 2. The predicted octanol–water partition coefficient (Wildman–Crippen LogP) is 4.69. The number of nitrogens with zero attached hydrogens (tertiary/aromatic N) is 3. The first kappa shape index (κ1) is 23.6. The van der Waals surface area contributed by atoms with Gasteiger partial charge in [-0.2, -0.15) is 8.78 Å². The van der Waals surface area contributed by atoms with Crippen LogP contribution in [0.25, 0.3) is 22.0 Å². The van der Waals surface area contributed by atoms with Gasteiger partial charge in [0.2, 0.25) is 0 Å². The molecule has 0 saturated carbocycles. The Morgan fingerprint density at radius 3 is 2.50 bits per heavy atom. The van der Waals surface area contributed by atoms with Crippen molar-refractivity contribution >= 4 is 10.9 Å². The van der Waals surface area contributed by atoms with Crippen LogP contribution >= 0.6 is 0 Å². The second-order valence-electron chi connectivity index (χ2n) is 8.88. The van der Waals surface area contributed by atoms with E-state index < -0.39 is 23.5 Å². The van der Waals surface area contributed by atoms with Crippen molar-refractivity contribution in [3.63, 3.8) is 0 Å². The number of nitrogens with two attached hydrogens (primary N) is 1. The Hall–Kier alpha value is -3.59. The number of aromatic nitrogens is 3. The lowest BCUT2D eigenvalue weighted by molar-refractivity contribution is -0.0505. The van der Waals surface area contributed by atoms with E-state index in [1.54, 1.807) is 42.1 Å². The van der Waals surface area contributed by atoms with Gasteiger partial charge in [-0.15, -0.1) is 0 Å².